The topological polar surface area (TPSA) is 66.0 Å². The number of aliphatic imine (C=N–C) groups is 1. The molecule has 6 heteroatoms. The summed E-state index contributed by atoms with van der Waals surface area (Å²) < 4.78 is 5.19. The van der Waals surface area contributed by atoms with Gasteiger partial charge >= 0.3 is 0 Å². The van der Waals surface area contributed by atoms with Gasteiger partial charge in [-0.25, -0.2) is 0 Å². The minimum absolute atomic E-state index is 0.142. The molecule has 0 unspecified atom stereocenters. The molecule has 1 aromatic carbocycles. The number of ether oxygens (including phenoxy) is 1. The molecule has 2 N–H and O–H groups in total. The summed E-state index contributed by atoms with van der Waals surface area (Å²) in [6.45, 7) is 5.62. The Morgan fingerprint density at radius 2 is 1.96 bits per heavy atom. The van der Waals surface area contributed by atoms with Crippen molar-refractivity contribution in [1.82, 2.24) is 15.5 Å². The van der Waals surface area contributed by atoms with Crippen LogP contribution in [-0.2, 0) is 11.2 Å². The summed E-state index contributed by atoms with van der Waals surface area (Å²) in [7, 11) is 3.38. The summed E-state index contributed by atoms with van der Waals surface area (Å²) in [5.41, 5.74) is 1.26. The third kappa shape index (κ3) is 6.24. The highest BCUT2D eigenvalue weighted by molar-refractivity contribution is 5.80. The maximum atomic E-state index is 11.5. The third-order valence-electron chi connectivity index (χ3n) is 4.82. The van der Waals surface area contributed by atoms with Crippen molar-refractivity contribution in [2.45, 2.75) is 32.6 Å². The average Bonchev–Trinajstić information content (AvgIpc) is 2.68. The van der Waals surface area contributed by atoms with E-state index in [1.807, 2.05) is 12.1 Å². The van der Waals surface area contributed by atoms with Gasteiger partial charge in [0.05, 0.1) is 7.11 Å². The molecule has 26 heavy (non-hydrogen) atoms. The van der Waals surface area contributed by atoms with Crippen LogP contribution in [-0.4, -0.2) is 57.1 Å². The number of hydrogen-bond donors (Lipinski definition) is 2. The van der Waals surface area contributed by atoms with Crippen LogP contribution in [0.2, 0.25) is 0 Å². The van der Waals surface area contributed by atoms with Crippen molar-refractivity contribution in [3.63, 3.8) is 0 Å². The van der Waals surface area contributed by atoms with Crippen molar-refractivity contribution in [2.24, 2.45) is 10.9 Å². The Morgan fingerprint density at radius 1 is 1.27 bits per heavy atom. The zero-order chi connectivity index (χ0) is 18.8. The predicted molar refractivity (Wildman–Crippen MR) is 106 cm³/mol. The summed E-state index contributed by atoms with van der Waals surface area (Å²) >= 11 is 0. The van der Waals surface area contributed by atoms with Crippen LogP contribution in [0.4, 0.5) is 0 Å². The summed E-state index contributed by atoms with van der Waals surface area (Å²) in [6, 6.07) is 8.15. The van der Waals surface area contributed by atoms with Crippen molar-refractivity contribution in [3.8, 4) is 5.75 Å². The molecule has 0 aromatic heterocycles. The number of carbonyl (C=O) groups is 1. The van der Waals surface area contributed by atoms with Gasteiger partial charge in [-0.15, -0.1) is 0 Å². The van der Waals surface area contributed by atoms with E-state index in [4.69, 9.17) is 9.73 Å². The number of nitrogens with one attached hydrogen (secondary N) is 2. The Morgan fingerprint density at radius 3 is 2.54 bits per heavy atom. The molecule has 2 rings (SSSR count). The number of rotatable bonds is 7. The second-order valence-electron chi connectivity index (χ2n) is 6.64. The quantitative estimate of drug-likeness (QED) is 0.577. The number of hydrogen-bond acceptors (Lipinski definition) is 3. The number of piperidine rings is 1. The predicted octanol–water partition coefficient (Wildman–Crippen LogP) is 2.05. The highest BCUT2D eigenvalue weighted by atomic mass is 16.5. The summed E-state index contributed by atoms with van der Waals surface area (Å²) in [5.74, 6) is 2.49. The zero-order valence-electron chi connectivity index (χ0n) is 16.3. The van der Waals surface area contributed by atoms with Crippen molar-refractivity contribution >= 4 is 11.9 Å². The van der Waals surface area contributed by atoms with Gasteiger partial charge in [0.1, 0.15) is 5.75 Å². The van der Waals surface area contributed by atoms with E-state index in [2.05, 4.69) is 34.6 Å². The van der Waals surface area contributed by atoms with E-state index in [0.717, 1.165) is 57.2 Å². The first-order valence-electron chi connectivity index (χ1n) is 9.53. The van der Waals surface area contributed by atoms with Crippen LogP contribution in [0.3, 0.4) is 0 Å². The number of likely N-dealkylation sites (tertiary alicyclic amines) is 1. The van der Waals surface area contributed by atoms with Gasteiger partial charge in [-0.2, -0.15) is 0 Å². The lowest BCUT2D eigenvalue weighted by molar-refractivity contribution is -0.121. The monoisotopic (exact) mass is 360 g/mol. The number of methoxy groups -OCH3 is 1. The normalized spacial score (nSPS) is 15.7. The van der Waals surface area contributed by atoms with Crippen molar-refractivity contribution in [2.75, 3.05) is 40.3 Å². The zero-order valence-corrected chi connectivity index (χ0v) is 16.3. The fraction of sp³-hybridized carbons (Fsp3) is 0.600. The summed E-state index contributed by atoms with van der Waals surface area (Å²) in [5, 5.41) is 6.12. The van der Waals surface area contributed by atoms with Crippen LogP contribution < -0.4 is 15.4 Å². The molecule has 1 amide bonds. The first kappa shape index (κ1) is 20.1. The largest absolute Gasteiger partial charge is 0.497 e. The number of amides is 1. The van der Waals surface area contributed by atoms with Gasteiger partial charge in [0.25, 0.3) is 0 Å². The number of benzene rings is 1. The SMILES string of the molecule is CCNC(=NCCc1ccc(OC)cc1)N1CCC(CC(=O)NC)CC1. The molecule has 0 radical (unpaired) electrons. The maximum Gasteiger partial charge on any atom is 0.220 e. The molecule has 0 atom stereocenters. The molecule has 6 nitrogen and oxygen atoms in total. The highest BCUT2D eigenvalue weighted by Crippen LogP contribution is 2.20. The Hall–Kier alpha value is -2.24. The van der Waals surface area contributed by atoms with E-state index in [1.165, 1.54) is 5.56 Å². The second kappa shape index (κ2) is 10.7. The van der Waals surface area contributed by atoms with Crippen molar-refractivity contribution in [1.29, 1.82) is 0 Å². The minimum Gasteiger partial charge on any atom is -0.497 e. The minimum atomic E-state index is 0.142. The first-order chi connectivity index (χ1) is 12.7. The molecule has 1 aliphatic rings. The van der Waals surface area contributed by atoms with E-state index in [1.54, 1.807) is 14.2 Å². The third-order valence-corrected chi connectivity index (χ3v) is 4.82. The lowest BCUT2D eigenvalue weighted by Crippen LogP contribution is -2.46. The van der Waals surface area contributed by atoms with Crippen LogP contribution in [0, 0.1) is 5.92 Å². The first-order valence-corrected chi connectivity index (χ1v) is 9.53. The standard InChI is InChI=1S/C20H32N4O2/c1-4-22-20(23-12-9-16-5-7-18(26-3)8-6-16)24-13-10-17(11-14-24)15-19(25)21-2/h5-8,17H,4,9-15H2,1-3H3,(H,21,25)(H,22,23). The maximum absolute atomic E-state index is 11.5. The molecule has 0 saturated carbocycles. The Labute approximate surface area is 157 Å². The molecule has 1 saturated heterocycles. The molecular formula is C20H32N4O2. The van der Waals surface area contributed by atoms with Crippen LogP contribution in [0.1, 0.15) is 31.7 Å². The van der Waals surface area contributed by atoms with E-state index < -0.39 is 0 Å². The molecule has 0 bridgehead atoms. The lowest BCUT2D eigenvalue weighted by atomic mass is 9.93. The number of guanidine groups is 1. The Bertz CT molecular complexity index is 578. The van der Waals surface area contributed by atoms with E-state index in [0.29, 0.717) is 12.3 Å². The number of nitrogens with zero attached hydrogens (tertiary/aromatic N) is 2. The molecule has 1 fully saturated rings. The van der Waals surface area contributed by atoms with Crippen LogP contribution in [0.25, 0.3) is 0 Å². The van der Waals surface area contributed by atoms with E-state index in [9.17, 15) is 4.79 Å². The fourth-order valence-electron chi connectivity index (χ4n) is 3.22. The van der Waals surface area contributed by atoms with Gasteiger partial charge in [-0.3, -0.25) is 9.79 Å². The number of carbonyl (C=O) groups excluding carboxylic acids is 1. The van der Waals surface area contributed by atoms with E-state index >= 15 is 0 Å². The molecule has 0 aliphatic carbocycles. The molecular weight excluding hydrogens is 328 g/mol. The fourth-order valence-corrected chi connectivity index (χ4v) is 3.22. The van der Waals surface area contributed by atoms with Gasteiger partial charge in [-0.1, -0.05) is 12.1 Å². The average molecular weight is 361 g/mol. The van der Waals surface area contributed by atoms with Crippen molar-refractivity contribution in [3.05, 3.63) is 29.8 Å². The van der Waals surface area contributed by atoms with Gasteiger partial charge < -0.3 is 20.3 Å². The van der Waals surface area contributed by atoms with Gasteiger partial charge in [-0.05, 0) is 49.8 Å². The molecule has 0 spiro atoms. The Balaban J connectivity index is 1.85. The molecule has 1 aromatic rings. The van der Waals surface area contributed by atoms with E-state index in [-0.39, 0.29) is 5.91 Å². The van der Waals surface area contributed by atoms with Crippen LogP contribution >= 0.6 is 0 Å². The molecule has 1 heterocycles. The lowest BCUT2D eigenvalue weighted by Gasteiger charge is -2.34. The molecule has 144 valence electrons. The Kier molecular flexibility index (Phi) is 8.25. The summed E-state index contributed by atoms with van der Waals surface area (Å²) in [4.78, 5) is 18.7. The van der Waals surface area contributed by atoms with Crippen molar-refractivity contribution < 1.29 is 9.53 Å². The highest BCUT2D eigenvalue weighted by Gasteiger charge is 2.22. The van der Waals surface area contributed by atoms with Gasteiger partial charge in [0, 0.05) is 39.6 Å². The summed E-state index contributed by atoms with van der Waals surface area (Å²) in [6.07, 6.45) is 3.62. The van der Waals surface area contributed by atoms with Gasteiger partial charge in [0.15, 0.2) is 5.96 Å². The smallest absolute Gasteiger partial charge is 0.220 e. The van der Waals surface area contributed by atoms with Crippen LogP contribution in [0.5, 0.6) is 5.75 Å². The second-order valence-corrected chi connectivity index (χ2v) is 6.64. The van der Waals surface area contributed by atoms with Gasteiger partial charge in [0.2, 0.25) is 5.91 Å². The van der Waals surface area contributed by atoms with Crippen LogP contribution in [0.15, 0.2) is 29.3 Å². The molecule has 1 aliphatic heterocycles.